The molecular weight excluding hydrogens is 310 g/mol. The second-order valence-electron chi connectivity index (χ2n) is 6.06. The van der Waals surface area contributed by atoms with E-state index in [1.807, 2.05) is 0 Å². The molecule has 1 aliphatic heterocycles. The van der Waals surface area contributed by atoms with Crippen LogP contribution in [0.1, 0.15) is 26.7 Å². The number of esters is 1. The summed E-state index contributed by atoms with van der Waals surface area (Å²) in [5.41, 5.74) is 0. The first-order chi connectivity index (χ1) is 11.6. The summed E-state index contributed by atoms with van der Waals surface area (Å²) in [6, 6.07) is 0. The van der Waals surface area contributed by atoms with Crippen LogP contribution < -0.4 is 5.32 Å². The standard InChI is InChI=1S/C17H33N3O4/c1-5-18-17(19-8-6-7-9-24-11-10-22-3)20-12-14(2)15(13-20)16(21)23-4/h14-15H,5-13H2,1-4H3,(H,18,19). The molecule has 0 aromatic rings. The molecule has 0 amide bonds. The first-order valence-electron chi connectivity index (χ1n) is 8.81. The maximum atomic E-state index is 11.8. The lowest BCUT2D eigenvalue weighted by molar-refractivity contribution is -0.145. The second-order valence-corrected chi connectivity index (χ2v) is 6.06. The summed E-state index contributed by atoms with van der Waals surface area (Å²) in [6.07, 6.45) is 1.96. The van der Waals surface area contributed by atoms with Gasteiger partial charge in [0, 0.05) is 39.9 Å². The molecular formula is C17H33N3O4. The molecule has 7 nitrogen and oxygen atoms in total. The molecule has 24 heavy (non-hydrogen) atoms. The molecule has 1 saturated heterocycles. The van der Waals surface area contributed by atoms with Crippen molar-refractivity contribution in [2.24, 2.45) is 16.8 Å². The van der Waals surface area contributed by atoms with Crippen molar-refractivity contribution in [1.29, 1.82) is 0 Å². The fourth-order valence-corrected chi connectivity index (χ4v) is 2.77. The number of ether oxygens (including phenoxy) is 3. The lowest BCUT2D eigenvalue weighted by Crippen LogP contribution is -2.40. The van der Waals surface area contributed by atoms with Crippen molar-refractivity contribution in [3.8, 4) is 0 Å². The van der Waals surface area contributed by atoms with Gasteiger partial charge in [-0.05, 0) is 25.7 Å². The summed E-state index contributed by atoms with van der Waals surface area (Å²) >= 11 is 0. The molecule has 1 heterocycles. The molecule has 140 valence electrons. The highest BCUT2D eigenvalue weighted by molar-refractivity contribution is 5.82. The van der Waals surface area contributed by atoms with Crippen LogP contribution in [-0.4, -0.2) is 77.0 Å². The van der Waals surface area contributed by atoms with Gasteiger partial charge in [-0.25, -0.2) is 0 Å². The number of likely N-dealkylation sites (tertiary alicyclic amines) is 1. The number of unbranched alkanes of at least 4 members (excludes halogenated alkanes) is 1. The minimum absolute atomic E-state index is 0.0759. The van der Waals surface area contributed by atoms with E-state index >= 15 is 0 Å². The number of rotatable bonds is 10. The first kappa shape index (κ1) is 20.7. The van der Waals surface area contributed by atoms with Crippen molar-refractivity contribution in [2.45, 2.75) is 26.7 Å². The number of nitrogens with zero attached hydrogens (tertiary/aromatic N) is 2. The maximum absolute atomic E-state index is 11.8. The summed E-state index contributed by atoms with van der Waals surface area (Å²) in [6.45, 7) is 9.21. The maximum Gasteiger partial charge on any atom is 0.310 e. The minimum Gasteiger partial charge on any atom is -0.469 e. The lowest BCUT2D eigenvalue weighted by atomic mass is 9.99. The van der Waals surface area contributed by atoms with Crippen molar-refractivity contribution in [1.82, 2.24) is 10.2 Å². The molecule has 1 N–H and O–H groups in total. The average Bonchev–Trinajstić information content (AvgIpc) is 2.97. The van der Waals surface area contributed by atoms with Crippen molar-refractivity contribution < 1.29 is 19.0 Å². The van der Waals surface area contributed by atoms with E-state index in [1.165, 1.54) is 7.11 Å². The zero-order chi connectivity index (χ0) is 17.8. The molecule has 0 saturated carbocycles. The van der Waals surface area contributed by atoms with Gasteiger partial charge in [0.15, 0.2) is 5.96 Å². The van der Waals surface area contributed by atoms with Crippen molar-refractivity contribution in [2.75, 3.05) is 60.2 Å². The molecule has 1 fully saturated rings. The summed E-state index contributed by atoms with van der Waals surface area (Å²) in [5, 5.41) is 3.32. The van der Waals surface area contributed by atoms with Gasteiger partial charge in [-0.3, -0.25) is 9.79 Å². The van der Waals surface area contributed by atoms with Crippen LogP contribution >= 0.6 is 0 Å². The predicted octanol–water partition coefficient (Wildman–Crippen LogP) is 1.14. The fourth-order valence-electron chi connectivity index (χ4n) is 2.77. The Morgan fingerprint density at radius 3 is 2.67 bits per heavy atom. The molecule has 2 unspecified atom stereocenters. The van der Waals surface area contributed by atoms with E-state index in [9.17, 15) is 4.79 Å². The van der Waals surface area contributed by atoms with Crippen LogP contribution in [0.5, 0.6) is 0 Å². The highest BCUT2D eigenvalue weighted by Gasteiger charge is 2.36. The lowest BCUT2D eigenvalue weighted by Gasteiger charge is -2.21. The van der Waals surface area contributed by atoms with Crippen LogP contribution in [0.2, 0.25) is 0 Å². The largest absolute Gasteiger partial charge is 0.469 e. The van der Waals surface area contributed by atoms with Gasteiger partial charge in [0.05, 0.1) is 26.2 Å². The van der Waals surface area contributed by atoms with E-state index in [0.29, 0.717) is 19.8 Å². The number of aliphatic imine (C=N–C) groups is 1. The van der Waals surface area contributed by atoms with Crippen LogP contribution in [0.25, 0.3) is 0 Å². The number of hydrogen-bond acceptors (Lipinski definition) is 5. The molecule has 0 spiro atoms. The zero-order valence-electron chi connectivity index (χ0n) is 15.5. The third-order valence-corrected chi connectivity index (χ3v) is 4.14. The Bertz CT molecular complexity index is 390. The van der Waals surface area contributed by atoms with Crippen LogP contribution in [0.3, 0.4) is 0 Å². The summed E-state index contributed by atoms with van der Waals surface area (Å²) in [7, 11) is 3.12. The van der Waals surface area contributed by atoms with Crippen molar-refractivity contribution in [3.05, 3.63) is 0 Å². The SMILES string of the molecule is CCNC(=NCCCCOCCOC)N1CC(C)C(C(=O)OC)C1. The quantitative estimate of drug-likeness (QED) is 0.277. The Labute approximate surface area is 145 Å². The number of guanidine groups is 1. The van der Waals surface area contributed by atoms with Gasteiger partial charge in [-0.2, -0.15) is 0 Å². The monoisotopic (exact) mass is 343 g/mol. The fraction of sp³-hybridized carbons (Fsp3) is 0.882. The Morgan fingerprint density at radius 1 is 1.21 bits per heavy atom. The molecule has 1 rings (SSSR count). The van der Waals surface area contributed by atoms with Crippen LogP contribution in [0, 0.1) is 11.8 Å². The smallest absolute Gasteiger partial charge is 0.310 e. The first-order valence-corrected chi connectivity index (χ1v) is 8.81. The topological polar surface area (TPSA) is 72.4 Å². The Hall–Kier alpha value is -1.34. The Balaban J connectivity index is 2.39. The highest BCUT2D eigenvalue weighted by atomic mass is 16.5. The van der Waals surface area contributed by atoms with E-state index in [4.69, 9.17) is 14.2 Å². The van der Waals surface area contributed by atoms with Crippen molar-refractivity contribution in [3.63, 3.8) is 0 Å². The molecule has 0 aliphatic carbocycles. The van der Waals surface area contributed by atoms with E-state index in [2.05, 4.69) is 29.1 Å². The summed E-state index contributed by atoms with van der Waals surface area (Å²) in [5.74, 6) is 0.952. The van der Waals surface area contributed by atoms with Gasteiger partial charge in [0.2, 0.25) is 0 Å². The van der Waals surface area contributed by atoms with Gasteiger partial charge in [0.25, 0.3) is 0 Å². The number of carbonyl (C=O) groups is 1. The summed E-state index contributed by atoms with van der Waals surface area (Å²) < 4.78 is 15.3. The molecule has 0 aromatic carbocycles. The number of nitrogens with one attached hydrogen (secondary N) is 1. The number of carbonyl (C=O) groups excluding carboxylic acids is 1. The molecule has 0 radical (unpaired) electrons. The Kier molecular flexibility index (Phi) is 10.4. The van der Waals surface area contributed by atoms with E-state index < -0.39 is 0 Å². The average molecular weight is 343 g/mol. The summed E-state index contributed by atoms with van der Waals surface area (Å²) in [4.78, 5) is 18.7. The molecule has 0 bridgehead atoms. The minimum atomic E-state index is -0.131. The number of hydrogen-bond donors (Lipinski definition) is 1. The number of methoxy groups -OCH3 is 2. The van der Waals surface area contributed by atoms with Gasteiger partial charge in [0.1, 0.15) is 0 Å². The molecule has 1 aliphatic rings. The zero-order valence-corrected chi connectivity index (χ0v) is 15.5. The third kappa shape index (κ3) is 7.05. The normalized spacial score (nSPS) is 21.2. The third-order valence-electron chi connectivity index (χ3n) is 4.14. The Morgan fingerprint density at radius 2 is 2.00 bits per heavy atom. The predicted molar refractivity (Wildman–Crippen MR) is 94.2 cm³/mol. The van der Waals surface area contributed by atoms with Gasteiger partial charge >= 0.3 is 5.97 Å². The molecule has 2 atom stereocenters. The van der Waals surface area contributed by atoms with Crippen LogP contribution in [0.4, 0.5) is 0 Å². The van der Waals surface area contributed by atoms with E-state index in [0.717, 1.165) is 45.0 Å². The van der Waals surface area contributed by atoms with Crippen LogP contribution in [0.15, 0.2) is 4.99 Å². The van der Waals surface area contributed by atoms with Gasteiger partial charge < -0.3 is 24.4 Å². The molecule has 7 heteroatoms. The van der Waals surface area contributed by atoms with Crippen LogP contribution in [-0.2, 0) is 19.0 Å². The van der Waals surface area contributed by atoms with Gasteiger partial charge in [-0.15, -0.1) is 0 Å². The van der Waals surface area contributed by atoms with Crippen molar-refractivity contribution >= 4 is 11.9 Å². The molecule has 0 aromatic heterocycles. The van der Waals surface area contributed by atoms with E-state index in [-0.39, 0.29) is 17.8 Å². The second kappa shape index (κ2) is 12.1. The highest BCUT2D eigenvalue weighted by Crippen LogP contribution is 2.24. The van der Waals surface area contributed by atoms with E-state index in [1.54, 1.807) is 7.11 Å². The van der Waals surface area contributed by atoms with Gasteiger partial charge in [-0.1, -0.05) is 6.92 Å².